The number of benzene rings is 1. The van der Waals surface area contributed by atoms with Gasteiger partial charge in [-0.3, -0.25) is 9.59 Å². The van der Waals surface area contributed by atoms with Crippen molar-refractivity contribution in [3.8, 4) is 5.75 Å². The van der Waals surface area contributed by atoms with Crippen LogP contribution < -0.4 is 4.74 Å². The molecule has 1 fully saturated rings. The first-order valence-corrected chi connectivity index (χ1v) is 8.86. The number of fused-ring (bicyclic) bond motifs is 1. The van der Waals surface area contributed by atoms with Crippen molar-refractivity contribution in [2.24, 2.45) is 5.92 Å². The first kappa shape index (κ1) is 16.8. The molecule has 2 aliphatic heterocycles. The molecule has 0 bridgehead atoms. The molecule has 1 aromatic carbocycles. The van der Waals surface area contributed by atoms with Gasteiger partial charge in [0.2, 0.25) is 5.91 Å². The normalized spacial score (nSPS) is 17.8. The minimum absolute atomic E-state index is 0.0603. The van der Waals surface area contributed by atoms with Crippen molar-refractivity contribution in [3.63, 3.8) is 0 Å². The van der Waals surface area contributed by atoms with Crippen molar-refractivity contribution in [1.29, 1.82) is 0 Å². The van der Waals surface area contributed by atoms with Gasteiger partial charge in [-0.15, -0.1) is 0 Å². The second-order valence-electron chi connectivity index (χ2n) is 6.48. The van der Waals surface area contributed by atoms with Crippen LogP contribution in [-0.4, -0.2) is 43.1 Å². The van der Waals surface area contributed by atoms with Gasteiger partial charge in [0.25, 0.3) is 0 Å². The topological polar surface area (TPSA) is 55.8 Å². The van der Waals surface area contributed by atoms with Crippen molar-refractivity contribution in [2.45, 2.75) is 39.0 Å². The van der Waals surface area contributed by atoms with Crippen LogP contribution in [0.1, 0.15) is 37.3 Å². The number of carbonyl (C=O) groups is 2. The summed E-state index contributed by atoms with van der Waals surface area (Å²) in [5.41, 5.74) is 2.24. The smallest absolute Gasteiger partial charge is 0.309 e. The van der Waals surface area contributed by atoms with Crippen molar-refractivity contribution in [2.75, 3.05) is 26.3 Å². The molecular weight excluding hydrogens is 306 g/mol. The first-order valence-electron chi connectivity index (χ1n) is 8.86. The first-order chi connectivity index (χ1) is 11.7. The van der Waals surface area contributed by atoms with E-state index >= 15 is 0 Å². The molecule has 2 aliphatic rings. The van der Waals surface area contributed by atoms with Crippen molar-refractivity contribution in [1.82, 2.24) is 4.90 Å². The second-order valence-corrected chi connectivity index (χ2v) is 6.48. The van der Waals surface area contributed by atoms with Gasteiger partial charge in [-0.25, -0.2) is 0 Å². The maximum Gasteiger partial charge on any atom is 0.309 e. The van der Waals surface area contributed by atoms with E-state index in [2.05, 4.69) is 6.07 Å². The van der Waals surface area contributed by atoms with E-state index in [1.165, 1.54) is 5.56 Å². The van der Waals surface area contributed by atoms with E-state index in [0.717, 1.165) is 30.8 Å². The van der Waals surface area contributed by atoms with Crippen LogP contribution in [0.5, 0.6) is 5.75 Å². The average Bonchev–Trinajstić information content (AvgIpc) is 2.62. The number of likely N-dealkylation sites (tertiary alicyclic amines) is 1. The highest BCUT2D eigenvalue weighted by Gasteiger charge is 2.28. The Kier molecular flexibility index (Phi) is 5.38. The molecule has 24 heavy (non-hydrogen) atoms. The highest BCUT2D eigenvalue weighted by molar-refractivity contribution is 5.79. The van der Waals surface area contributed by atoms with Crippen LogP contribution in [0.15, 0.2) is 18.2 Å². The molecule has 0 atom stereocenters. The van der Waals surface area contributed by atoms with E-state index < -0.39 is 0 Å². The average molecular weight is 331 g/mol. The molecule has 0 saturated carbocycles. The van der Waals surface area contributed by atoms with Crippen molar-refractivity contribution >= 4 is 11.9 Å². The molecule has 0 spiro atoms. The van der Waals surface area contributed by atoms with Gasteiger partial charge in [0.1, 0.15) is 5.75 Å². The molecule has 2 heterocycles. The number of carbonyl (C=O) groups excluding carboxylic acids is 2. The molecule has 1 amide bonds. The number of aryl methyl sites for hydroxylation is 1. The van der Waals surface area contributed by atoms with E-state index in [0.29, 0.717) is 39.0 Å². The Bertz CT molecular complexity index is 605. The van der Waals surface area contributed by atoms with Crippen LogP contribution in [-0.2, 0) is 27.2 Å². The Balaban J connectivity index is 1.53. The van der Waals surface area contributed by atoms with Gasteiger partial charge in [0.05, 0.1) is 25.6 Å². The molecule has 5 nitrogen and oxygen atoms in total. The number of amides is 1. The molecule has 1 aromatic rings. The standard InChI is InChI=1S/C19H25NO4/c1-2-23-19(22)15-7-9-20(10-8-15)18(21)13-14-5-6-17-16(12-14)4-3-11-24-17/h5-6,12,15H,2-4,7-11,13H2,1H3. The van der Waals surface area contributed by atoms with Crippen LogP contribution in [0, 0.1) is 5.92 Å². The molecular formula is C19H25NO4. The molecule has 0 aromatic heterocycles. The lowest BCUT2D eigenvalue weighted by atomic mass is 9.96. The summed E-state index contributed by atoms with van der Waals surface area (Å²) < 4.78 is 10.7. The fraction of sp³-hybridized carbons (Fsp3) is 0.579. The lowest BCUT2D eigenvalue weighted by Gasteiger charge is -2.31. The van der Waals surface area contributed by atoms with E-state index in [4.69, 9.17) is 9.47 Å². The van der Waals surface area contributed by atoms with Gasteiger partial charge >= 0.3 is 5.97 Å². The van der Waals surface area contributed by atoms with Crippen molar-refractivity contribution in [3.05, 3.63) is 29.3 Å². The van der Waals surface area contributed by atoms with E-state index in [-0.39, 0.29) is 17.8 Å². The number of piperidine rings is 1. The van der Waals surface area contributed by atoms with Crippen LogP contribution >= 0.6 is 0 Å². The lowest BCUT2D eigenvalue weighted by molar-refractivity contribution is -0.151. The van der Waals surface area contributed by atoms with E-state index in [1.807, 2.05) is 24.0 Å². The predicted octanol–water partition coefficient (Wildman–Crippen LogP) is 2.36. The number of hydrogen-bond donors (Lipinski definition) is 0. The Morgan fingerprint density at radius 2 is 2.08 bits per heavy atom. The Morgan fingerprint density at radius 1 is 1.29 bits per heavy atom. The maximum atomic E-state index is 12.5. The Labute approximate surface area is 142 Å². The minimum atomic E-state index is -0.126. The van der Waals surface area contributed by atoms with E-state index in [1.54, 1.807) is 0 Å². The van der Waals surface area contributed by atoms with Gasteiger partial charge in [-0.2, -0.15) is 0 Å². The highest BCUT2D eigenvalue weighted by Crippen LogP contribution is 2.26. The molecule has 0 N–H and O–H groups in total. The molecule has 5 heteroatoms. The van der Waals surface area contributed by atoms with Gasteiger partial charge in [0.15, 0.2) is 0 Å². The Hall–Kier alpha value is -2.04. The van der Waals surface area contributed by atoms with Gasteiger partial charge in [0, 0.05) is 13.1 Å². The highest BCUT2D eigenvalue weighted by atomic mass is 16.5. The second kappa shape index (κ2) is 7.69. The molecule has 0 aliphatic carbocycles. The van der Waals surface area contributed by atoms with Crippen LogP contribution in [0.25, 0.3) is 0 Å². The van der Waals surface area contributed by atoms with Crippen molar-refractivity contribution < 1.29 is 19.1 Å². The summed E-state index contributed by atoms with van der Waals surface area (Å²) in [5, 5.41) is 0. The maximum absolute atomic E-state index is 12.5. The van der Waals surface area contributed by atoms with Gasteiger partial charge in [-0.05, 0) is 49.8 Å². The Morgan fingerprint density at radius 3 is 2.83 bits per heavy atom. The lowest BCUT2D eigenvalue weighted by Crippen LogP contribution is -2.41. The summed E-state index contributed by atoms with van der Waals surface area (Å²) in [4.78, 5) is 26.1. The quantitative estimate of drug-likeness (QED) is 0.795. The summed E-state index contributed by atoms with van der Waals surface area (Å²) >= 11 is 0. The largest absolute Gasteiger partial charge is 0.493 e. The molecule has 130 valence electrons. The summed E-state index contributed by atoms with van der Waals surface area (Å²) in [6.45, 7) is 4.29. The zero-order valence-corrected chi connectivity index (χ0v) is 14.3. The fourth-order valence-electron chi connectivity index (χ4n) is 3.43. The zero-order chi connectivity index (χ0) is 16.9. The van der Waals surface area contributed by atoms with E-state index in [9.17, 15) is 9.59 Å². The summed E-state index contributed by atoms with van der Waals surface area (Å²) in [5.74, 6) is 0.899. The van der Waals surface area contributed by atoms with Crippen LogP contribution in [0.4, 0.5) is 0 Å². The fourth-order valence-corrected chi connectivity index (χ4v) is 3.43. The third kappa shape index (κ3) is 3.89. The molecule has 3 rings (SSSR count). The molecule has 0 radical (unpaired) electrons. The predicted molar refractivity (Wildman–Crippen MR) is 89.9 cm³/mol. The third-order valence-electron chi connectivity index (χ3n) is 4.80. The number of esters is 1. The molecule has 1 saturated heterocycles. The summed E-state index contributed by atoms with van der Waals surface area (Å²) in [6, 6.07) is 6.05. The van der Waals surface area contributed by atoms with Gasteiger partial charge in [-0.1, -0.05) is 12.1 Å². The number of hydrogen-bond acceptors (Lipinski definition) is 4. The van der Waals surface area contributed by atoms with Gasteiger partial charge < -0.3 is 14.4 Å². The summed E-state index contributed by atoms with van der Waals surface area (Å²) in [6.07, 6.45) is 3.86. The number of ether oxygens (including phenoxy) is 2. The number of nitrogens with zero attached hydrogens (tertiary/aromatic N) is 1. The van der Waals surface area contributed by atoms with Crippen LogP contribution in [0.2, 0.25) is 0 Å². The van der Waals surface area contributed by atoms with Crippen LogP contribution in [0.3, 0.4) is 0 Å². The molecule has 0 unspecified atom stereocenters. The zero-order valence-electron chi connectivity index (χ0n) is 14.3. The number of rotatable bonds is 4. The summed E-state index contributed by atoms with van der Waals surface area (Å²) in [7, 11) is 0. The monoisotopic (exact) mass is 331 g/mol. The minimum Gasteiger partial charge on any atom is -0.493 e. The third-order valence-corrected chi connectivity index (χ3v) is 4.80. The SMILES string of the molecule is CCOC(=O)C1CCN(C(=O)Cc2ccc3c(c2)CCCO3)CC1.